The third-order valence-corrected chi connectivity index (χ3v) is 5.71. The molecule has 0 radical (unpaired) electrons. The molecule has 1 unspecified atom stereocenters. The average molecular weight is 344 g/mol. The zero-order valence-corrected chi connectivity index (χ0v) is 14.8. The van der Waals surface area contributed by atoms with E-state index in [4.69, 9.17) is 9.47 Å². The van der Waals surface area contributed by atoms with Gasteiger partial charge in [-0.05, 0) is 49.9 Å². The normalized spacial score (nSPS) is 23.0. The van der Waals surface area contributed by atoms with Crippen LogP contribution in [0.15, 0.2) is 18.2 Å². The molecule has 5 heteroatoms. The summed E-state index contributed by atoms with van der Waals surface area (Å²) in [5.41, 5.74) is 1.13. The Morgan fingerprint density at radius 1 is 1.08 bits per heavy atom. The maximum absolute atomic E-state index is 13.1. The minimum Gasteiger partial charge on any atom is -0.454 e. The fourth-order valence-corrected chi connectivity index (χ4v) is 4.31. The van der Waals surface area contributed by atoms with Gasteiger partial charge in [-0.2, -0.15) is 0 Å². The number of amides is 1. The Balaban J connectivity index is 1.48. The Kier molecular flexibility index (Phi) is 5.11. The van der Waals surface area contributed by atoms with Crippen LogP contribution in [0.2, 0.25) is 0 Å². The van der Waals surface area contributed by atoms with Gasteiger partial charge in [-0.25, -0.2) is 0 Å². The van der Waals surface area contributed by atoms with Gasteiger partial charge in [0.05, 0.1) is 0 Å². The number of fused-ring (bicyclic) bond motifs is 1. The zero-order chi connectivity index (χ0) is 17.1. The summed E-state index contributed by atoms with van der Waals surface area (Å²) in [7, 11) is 0. The Hall–Kier alpha value is -1.75. The summed E-state index contributed by atoms with van der Waals surface area (Å²) in [6, 6.07) is 6.78. The number of hydrogen-bond donors (Lipinski definition) is 1. The highest BCUT2D eigenvalue weighted by molar-refractivity contribution is 5.77. The molecule has 136 valence electrons. The van der Waals surface area contributed by atoms with E-state index >= 15 is 0 Å². The number of ether oxygens (including phenoxy) is 2. The van der Waals surface area contributed by atoms with Crippen molar-refractivity contribution >= 4 is 5.91 Å². The summed E-state index contributed by atoms with van der Waals surface area (Å²) < 4.78 is 10.9. The number of carbonyl (C=O) groups excluding carboxylic acids is 1. The van der Waals surface area contributed by atoms with E-state index in [1.54, 1.807) is 0 Å². The molecule has 2 heterocycles. The molecular formula is C20H28N2O3. The molecule has 1 saturated heterocycles. The number of hydrogen-bond acceptors (Lipinski definition) is 4. The maximum Gasteiger partial charge on any atom is 0.231 e. The number of nitrogens with zero attached hydrogens (tertiary/aromatic N) is 1. The first-order valence-corrected chi connectivity index (χ1v) is 9.71. The number of benzene rings is 1. The van der Waals surface area contributed by atoms with Crippen molar-refractivity contribution in [3.63, 3.8) is 0 Å². The molecule has 25 heavy (non-hydrogen) atoms. The maximum atomic E-state index is 13.1. The van der Waals surface area contributed by atoms with E-state index in [0.717, 1.165) is 42.9 Å². The van der Waals surface area contributed by atoms with Crippen LogP contribution in [0.25, 0.3) is 0 Å². The third kappa shape index (κ3) is 3.92. The molecule has 2 fully saturated rings. The second-order valence-electron chi connectivity index (χ2n) is 7.50. The van der Waals surface area contributed by atoms with Crippen molar-refractivity contribution in [2.45, 2.75) is 70.0 Å². The summed E-state index contributed by atoms with van der Waals surface area (Å²) in [6.07, 6.45) is 8.96. The van der Waals surface area contributed by atoms with E-state index in [9.17, 15) is 4.79 Å². The van der Waals surface area contributed by atoms with Crippen LogP contribution in [-0.2, 0) is 11.3 Å². The molecule has 2 aliphatic heterocycles. The van der Waals surface area contributed by atoms with Crippen LogP contribution in [0.4, 0.5) is 0 Å². The molecule has 0 bridgehead atoms. The summed E-state index contributed by atoms with van der Waals surface area (Å²) in [4.78, 5) is 15.2. The smallest absolute Gasteiger partial charge is 0.231 e. The van der Waals surface area contributed by atoms with E-state index in [2.05, 4.69) is 16.3 Å². The molecule has 4 rings (SSSR count). The van der Waals surface area contributed by atoms with Crippen LogP contribution in [0, 0.1) is 0 Å². The molecule has 1 amide bonds. The molecule has 0 aromatic heterocycles. The lowest BCUT2D eigenvalue weighted by molar-refractivity contribution is -0.135. The van der Waals surface area contributed by atoms with Crippen LogP contribution in [-0.4, -0.2) is 36.2 Å². The van der Waals surface area contributed by atoms with Crippen LogP contribution in [0.3, 0.4) is 0 Å². The van der Waals surface area contributed by atoms with Gasteiger partial charge in [0.2, 0.25) is 12.7 Å². The first-order valence-electron chi connectivity index (χ1n) is 9.71. The topological polar surface area (TPSA) is 50.8 Å². The fraction of sp³-hybridized carbons (Fsp3) is 0.650. The van der Waals surface area contributed by atoms with Gasteiger partial charge >= 0.3 is 0 Å². The molecule has 1 atom stereocenters. The molecule has 5 nitrogen and oxygen atoms in total. The van der Waals surface area contributed by atoms with Gasteiger partial charge in [-0.3, -0.25) is 4.79 Å². The predicted octanol–water partition coefficient (Wildman–Crippen LogP) is 3.22. The lowest BCUT2D eigenvalue weighted by Gasteiger charge is -2.35. The van der Waals surface area contributed by atoms with Crippen molar-refractivity contribution in [2.75, 3.05) is 13.3 Å². The van der Waals surface area contributed by atoms with Gasteiger partial charge in [-0.15, -0.1) is 0 Å². The van der Waals surface area contributed by atoms with Crippen molar-refractivity contribution < 1.29 is 14.3 Å². The second kappa shape index (κ2) is 7.65. The highest BCUT2D eigenvalue weighted by Crippen LogP contribution is 2.33. The van der Waals surface area contributed by atoms with Gasteiger partial charge in [-0.1, -0.05) is 25.3 Å². The van der Waals surface area contributed by atoms with E-state index in [1.807, 2.05) is 12.1 Å². The van der Waals surface area contributed by atoms with Crippen LogP contribution in [0.1, 0.15) is 56.9 Å². The molecule has 1 aliphatic carbocycles. The SMILES string of the molecule is O=C(CC1CCCN1)N(Cc1ccc2c(c1)OCO2)C1CCCCC1. The number of carbonyl (C=O) groups is 1. The van der Waals surface area contributed by atoms with Gasteiger partial charge in [0, 0.05) is 25.0 Å². The number of nitrogens with one attached hydrogen (secondary N) is 1. The summed E-state index contributed by atoms with van der Waals surface area (Å²) in [6.45, 7) is 2.01. The third-order valence-electron chi connectivity index (χ3n) is 5.71. The minimum absolute atomic E-state index is 0.289. The highest BCUT2D eigenvalue weighted by atomic mass is 16.7. The largest absolute Gasteiger partial charge is 0.454 e. The van der Waals surface area contributed by atoms with Gasteiger partial charge < -0.3 is 19.7 Å². The molecular weight excluding hydrogens is 316 g/mol. The molecule has 1 N–H and O–H groups in total. The average Bonchev–Trinajstić information content (AvgIpc) is 3.31. The van der Waals surface area contributed by atoms with Crippen LogP contribution in [0.5, 0.6) is 11.5 Å². The van der Waals surface area contributed by atoms with E-state index in [0.29, 0.717) is 31.0 Å². The minimum atomic E-state index is 0.289. The zero-order valence-electron chi connectivity index (χ0n) is 14.8. The van der Waals surface area contributed by atoms with Gasteiger partial charge in [0.25, 0.3) is 0 Å². The lowest BCUT2D eigenvalue weighted by Crippen LogP contribution is -2.43. The Morgan fingerprint density at radius 2 is 1.92 bits per heavy atom. The molecule has 3 aliphatic rings. The van der Waals surface area contributed by atoms with Gasteiger partial charge in [0.1, 0.15) is 0 Å². The summed E-state index contributed by atoms with van der Waals surface area (Å²) >= 11 is 0. The van der Waals surface area contributed by atoms with Crippen LogP contribution < -0.4 is 14.8 Å². The standard InChI is InChI=1S/C20H28N2O3/c23-20(12-16-5-4-10-21-16)22(17-6-2-1-3-7-17)13-15-8-9-18-19(11-15)25-14-24-18/h8-9,11,16-17,21H,1-7,10,12-14H2. The van der Waals surface area contributed by atoms with Crippen molar-refractivity contribution in [3.05, 3.63) is 23.8 Å². The highest BCUT2D eigenvalue weighted by Gasteiger charge is 2.28. The van der Waals surface area contributed by atoms with Crippen molar-refractivity contribution in [3.8, 4) is 11.5 Å². The molecule has 1 saturated carbocycles. The molecule has 0 spiro atoms. The molecule has 1 aromatic rings. The monoisotopic (exact) mass is 344 g/mol. The van der Waals surface area contributed by atoms with E-state index < -0.39 is 0 Å². The lowest BCUT2D eigenvalue weighted by atomic mass is 9.93. The number of rotatable bonds is 5. The first-order chi connectivity index (χ1) is 12.3. The second-order valence-corrected chi connectivity index (χ2v) is 7.50. The molecule has 1 aromatic carbocycles. The Morgan fingerprint density at radius 3 is 2.72 bits per heavy atom. The summed E-state index contributed by atoms with van der Waals surface area (Å²) in [5, 5.41) is 3.46. The Bertz CT molecular complexity index is 607. The van der Waals surface area contributed by atoms with Crippen LogP contribution >= 0.6 is 0 Å². The fourth-order valence-electron chi connectivity index (χ4n) is 4.31. The quantitative estimate of drug-likeness (QED) is 0.891. The van der Waals surface area contributed by atoms with Crippen molar-refractivity contribution in [1.29, 1.82) is 0 Å². The summed E-state index contributed by atoms with van der Waals surface area (Å²) in [5.74, 6) is 1.89. The van der Waals surface area contributed by atoms with Gasteiger partial charge in [0.15, 0.2) is 11.5 Å². The Labute approximate surface area is 149 Å². The van der Waals surface area contributed by atoms with Crippen molar-refractivity contribution in [2.24, 2.45) is 0 Å². The first kappa shape index (κ1) is 16.7. The van der Waals surface area contributed by atoms with E-state index in [-0.39, 0.29) is 6.79 Å². The van der Waals surface area contributed by atoms with E-state index in [1.165, 1.54) is 25.7 Å². The predicted molar refractivity (Wildman–Crippen MR) is 95.6 cm³/mol. The van der Waals surface area contributed by atoms with Crippen molar-refractivity contribution in [1.82, 2.24) is 10.2 Å².